The number of nitrogens with one attached hydrogen (secondary N) is 1. The molecule has 0 aliphatic rings. The van der Waals surface area contributed by atoms with Gasteiger partial charge in [-0.1, -0.05) is 30.3 Å². The fourth-order valence-electron chi connectivity index (χ4n) is 2.05. The third kappa shape index (κ3) is 2.30. The van der Waals surface area contributed by atoms with Crippen molar-refractivity contribution >= 4 is 24.2 Å². The molecule has 4 nitrogen and oxygen atoms in total. The van der Waals surface area contributed by atoms with E-state index in [0.29, 0.717) is 23.1 Å². The smallest absolute Gasteiger partial charge is 0.255 e. The minimum absolute atomic E-state index is 0.214. The second kappa shape index (κ2) is 5.21. The Hall–Kier alpha value is -2.56. The number of benzene rings is 1. The number of hydrogen-bond donors (Lipinski definition) is 1. The van der Waals surface area contributed by atoms with E-state index in [1.807, 2.05) is 30.3 Å². The van der Waals surface area contributed by atoms with Crippen molar-refractivity contribution in [3.05, 3.63) is 64.7 Å². The zero-order valence-electron chi connectivity index (χ0n) is 10.7. The van der Waals surface area contributed by atoms with E-state index >= 15 is 0 Å². The highest BCUT2D eigenvalue weighted by atomic mass is 16.5. The van der Waals surface area contributed by atoms with E-state index in [0.717, 1.165) is 5.56 Å². The van der Waals surface area contributed by atoms with Crippen molar-refractivity contribution in [1.29, 1.82) is 0 Å². The largest absolute Gasteiger partial charge is 0.487 e. The number of nitrogens with zero attached hydrogens (tertiary/aromatic N) is 1. The Kier molecular flexibility index (Phi) is 3.25. The van der Waals surface area contributed by atoms with E-state index in [-0.39, 0.29) is 11.2 Å². The number of rotatable bonds is 3. The van der Waals surface area contributed by atoms with Crippen LogP contribution in [-0.2, 0) is 6.61 Å². The lowest BCUT2D eigenvalue weighted by molar-refractivity contribution is 0.311. The van der Waals surface area contributed by atoms with Crippen LogP contribution >= 0.6 is 0 Å². The topological polar surface area (TPSA) is 55.0 Å². The summed E-state index contributed by atoms with van der Waals surface area (Å²) in [4.78, 5) is 18.4. The average molecular weight is 262 g/mol. The Bertz CT molecular complexity index is 800. The van der Waals surface area contributed by atoms with Crippen LogP contribution in [0, 0.1) is 0 Å². The molecule has 1 aromatic carbocycles. The zero-order chi connectivity index (χ0) is 13.9. The van der Waals surface area contributed by atoms with Gasteiger partial charge in [-0.25, -0.2) is 0 Å². The van der Waals surface area contributed by atoms with Crippen LogP contribution in [0.15, 0.2) is 53.6 Å². The van der Waals surface area contributed by atoms with Gasteiger partial charge in [0.2, 0.25) is 0 Å². The fourth-order valence-corrected chi connectivity index (χ4v) is 2.05. The number of H-pyrrole nitrogens is 1. The van der Waals surface area contributed by atoms with Crippen LogP contribution < -0.4 is 15.9 Å². The van der Waals surface area contributed by atoms with Gasteiger partial charge in [-0.15, -0.1) is 0 Å². The van der Waals surface area contributed by atoms with Crippen LogP contribution in [0.5, 0.6) is 5.75 Å². The summed E-state index contributed by atoms with van der Waals surface area (Å²) in [6.45, 7) is 0.376. The molecule has 0 amide bonds. The maximum atomic E-state index is 11.8. The van der Waals surface area contributed by atoms with Gasteiger partial charge in [0.25, 0.3) is 5.56 Å². The molecule has 0 atom stereocenters. The molecule has 0 aliphatic heterocycles. The molecule has 3 aromatic rings. The molecule has 0 bridgehead atoms. The van der Waals surface area contributed by atoms with E-state index in [4.69, 9.17) is 12.6 Å². The van der Waals surface area contributed by atoms with Gasteiger partial charge in [0.05, 0.1) is 5.39 Å². The second-order valence-corrected chi connectivity index (χ2v) is 4.39. The quantitative estimate of drug-likeness (QED) is 0.724. The minimum Gasteiger partial charge on any atom is -0.487 e. The monoisotopic (exact) mass is 262 g/mol. The van der Waals surface area contributed by atoms with Crippen molar-refractivity contribution in [3.63, 3.8) is 0 Å². The van der Waals surface area contributed by atoms with E-state index in [2.05, 4.69) is 9.97 Å². The second-order valence-electron chi connectivity index (χ2n) is 4.39. The number of ether oxygens (including phenoxy) is 1. The Balaban J connectivity index is 2.01. The van der Waals surface area contributed by atoms with Gasteiger partial charge in [0.15, 0.2) is 0 Å². The molecule has 1 N–H and O–H groups in total. The molecular weight excluding hydrogens is 251 g/mol. The predicted octanol–water partition coefficient (Wildman–Crippen LogP) is 1.30. The van der Waals surface area contributed by atoms with Crippen molar-refractivity contribution in [1.82, 2.24) is 9.97 Å². The third-order valence-electron chi connectivity index (χ3n) is 3.03. The Labute approximate surface area is 116 Å². The summed E-state index contributed by atoms with van der Waals surface area (Å²) in [7, 11) is 5.84. The highest BCUT2D eigenvalue weighted by Crippen LogP contribution is 2.19. The molecule has 0 spiro atoms. The van der Waals surface area contributed by atoms with Gasteiger partial charge in [0, 0.05) is 23.4 Å². The van der Waals surface area contributed by atoms with Gasteiger partial charge in [-0.2, -0.15) is 0 Å². The lowest BCUT2D eigenvalue weighted by Crippen LogP contribution is -2.23. The van der Waals surface area contributed by atoms with Gasteiger partial charge in [-0.05, 0) is 11.6 Å². The van der Waals surface area contributed by atoms with E-state index in [1.165, 1.54) is 0 Å². The van der Waals surface area contributed by atoms with Crippen LogP contribution in [0.2, 0.25) is 0 Å². The van der Waals surface area contributed by atoms with E-state index in [9.17, 15) is 4.79 Å². The first-order valence-electron chi connectivity index (χ1n) is 6.18. The van der Waals surface area contributed by atoms with Gasteiger partial charge < -0.3 is 9.72 Å². The molecule has 0 saturated carbocycles. The number of aromatic nitrogens is 2. The normalized spacial score (nSPS) is 10.6. The van der Waals surface area contributed by atoms with Gasteiger partial charge in [-0.3, -0.25) is 9.78 Å². The number of pyridine rings is 2. The standard InChI is InChI=1S/C15H11BN2O2/c16-14-13(20-9-10-4-2-1-3-5-10)12-8-17-7-6-11(12)15(19)18-14/h1-8H,9H2,(H,18,19). The highest BCUT2D eigenvalue weighted by molar-refractivity contribution is 6.34. The van der Waals surface area contributed by atoms with Crippen LogP contribution in [0.25, 0.3) is 10.8 Å². The SMILES string of the molecule is [B]c1[nH]c(=O)c2ccncc2c1OCc1ccccc1. The van der Waals surface area contributed by atoms with Gasteiger partial charge >= 0.3 is 0 Å². The van der Waals surface area contributed by atoms with Crippen LogP contribution in [0.4, 0.5) is 0 Å². The molecule has 2 aromatic heterocycles. The molecule has 2 radical (unpaired) electrons. The van der Waals surface area contributed by atoms with Crippen molar-refractivity contribution in [2.45, 2.75) is 6.61 Å². The summed E-state index contributed by atoms with van der Waals surface area (Å²) in [5.41, 5.74) is 0.994. The molecule has 0 fully saturated rings. The number of fused-ring (bicyclic) bond motifs is 1. The number of aromatic amines is 1. The first-order chi connectivity index (χ1) is 9.75. The van der Waals surface area contributed by atoms with Crippen molar-refractivity contribution in [2.75, 3.05) is 0 Å². The summed E-state index contributed by atoms with van der Waals surface area (Å²) >= 11 is 0. The third-order valence-corrected chi connectivity index (χ3v) is 3.03. The Morgan fingerprint density at radius 3 is 2.75 bits per heavy atom. The molecule has 0 saturated heterocycles. The molecule has 5 heteroatoms. The molecule has 0 aliphatic carbocycles. The van der Waals surface area contributed by atoms with Crippen molar-refractivity contribution in [2.24, 2.45) is 0 Å². The van der Waals surface area contributed by atoms with Gasteiger partial charge in [0.1, 0.15) is 20.2 Å². The molecule has 3 rings (SSSR count). The maximum absolute atomic E-state index is 11.8. The average Bonchev–Trinajstić information content (AvgIpc) is 2.48. The Morgan fingerprint density at radius 2 is 1.95 bits per heavy atom. The molecule has 2 heterocycles. The van der Waals surface area contributed by atoms with Crippen LogP contribution in [0.1, 0.15) is 5.56 Å². The zero-order valence-corrected chi connectivity index (χ0v) is 10.7. The predicted molar refractivity (Wildman–Crippen MR) is 78.5 cm³/mol. The first-order valence-corrected chi connectivity index (χ1v) is 6.18. The fraction of sp³-hybridized carbons (Fsp3) is 0.0667. The molecular formula is C15H11BN2O2. The van der Waals surface area contributed by atoms with Crippen LogP contribution in [-0.4, -0.2) is 17.8 Å². The van der Waals surface area contributed by atoms with E-state index in [1.54, 1.807) is 18.5 Å². The first kappa shape index (κ1) is 12.5. The summed E-state index contributed by atoms with van der Waals surface area (Å²) < 4.78 is 5.76. The lowest BCUT2D eigenvalue weighted by Gasteiger charge is -2.12. The summed E-state index contributed by atoms with van der Waals surface area (Å²) in [5, 5.41) is 1.13. The highest BCUT2D eigenvalue weighted by Gasteiger charge is 2.09. The summed E-state index contributed by atoms with van der Waals surface area (Å²) in [5.74, 6) is 0.455. The number of hydrogen-bond acceptors (Lipinski definition) is 3. The maximum Gasteiger partial charge on any atom is 0.255 e. The van der Waals surface area contributed by atoms with Crippen molar-refractivity contribution < 1.29 is 4.74 Å². The lowest BCUT2D eigenvalue weighted by atomic mass is 10.00. The minimum atomic E-state index is -0.244. The Morgan fingerprint density at radius 1 is 1.15 bits per heavy atom. The molecule has 0 unspecified atom stereocenters. The van der Waals surface area contributed by atoms with E-state index < -0.39 is 0 Å². The van der Waals surface area contributed by atoms with Crippen LogP contribution in [0.3, 0.4) is 0 Å². The summed E-state index contributed by atoms with van der Waals surface area (Å²) in [6, 6.07) is 11.4. The molecule has 96 valence electrons. The van der Waals surface area contributed by atoms with Crippen molar-refractivity contribution in [3.8, 4) is 5.75 Å². The summed E-state index contributed by atoms with van der Waals surface area (Å²) in [6.07, 6.45) is 3.15. The molecule has 20 heavy (non-hydrogen) atoms.